The zero-order valence-electron chi connectivity index (χ0n) is 17.3. The SMILES string of the molecule is COc1cccc2[nH]cc(CCNC(=NCC(=O)N(C)C)NCC(C)C)c12.I. The average molecular weight is 501 g/mol. The Kier molecular flexibility index (Phi) is 10.1. The van der Waals surface area contributed by atoms with Gasteiger partial charge in [-0.05, 0) is 30.0 Å². The highest BCUT2D eigenvalue weighted by Gasteiger charge is 2.10. The number of halogens is 1. The van der Waals surface area contributed by atoms with Crippen molar-refractivity contribution in [2.45, 2.75) is 20.3 Å². The Labute approximate surface area is 184 Å². The van der Waals surface area contributed by atoms with Crippen molar-refractivity contribution >= 4 is 46.7 Å². The molecule has 1 amide bonds. The molecule has 0 spiro atoms. The van der Waals surface area contributed by atoms with Crippen molar-refractivity contribution in [3.63, 3.8) is 0 Å². The molecule has 0 saturated heterocycles. The lowest BCUT2D eigenvalue weighted by molar-refractivity contribution is -0.127. The second kappa shape index (κ2) is 11.8. The Bertz CT molecular complexity index is 786. The third kappa shape index (κ3) is 6.88. The van der Waals surface area contributed by atoms with Crippen LogP contribution in [0.15, 0.2) is 29.4 Å². The van der Waals surface area contributed by atoms with Crippen molar-refractivity contribution < 1.29 is 9.53 Å². The van der Waals surface area contributed by atoms with Gasteiger partial charge < -0.3 is 25.3 Å². The van der Waals surface area contributed by atoms with E-state index < -0.39 is 0 Å². The summed E-state index contributed by atoms with van der Waals surface area (Å²) in [5.41, 5.74) is 2.25. The number of fused-ring (bicyclic) bond motifs is 1. The number of likely N-dealkylation sites (N-methyl/N-ethyl adjacent to an activating group) is 1. The minimum atomic E-state index is -0.0259. The van der Waals surface area contributed by atoms with Crippen LogP contribution in [0, 0.1) is 5.92 Å². The Balaban J connectivity index is 0.00000392. The zero-order valence-corrected chi connectivity index (χ0v) is 19.7. The molecule has 28 heavy (non-hydrogen) atoms. The van der Waals surface area contributed by atoms with E-state index in [1.807, 2.05) is 24.4 Å². The van der Waals surface area contributed by atoms with Gasteiger partial charge in [-0.25, -0.2) is 4.99 Å². The molecule has 0 bridgehead atoms. The monoisotopic (exact) mass is 501 g/mol. The number of amides is 1. The summed E-state index contributed by atoms with van der Waals surface area (Å²) < 4.78 is 5.49. The van der Waals surface area contributed by atoms with Crippen LogP contribution < -0.4 is 15.4 Å². The predicted molar refractivity (Wildman–Crippen MR) is 126 cm³/mol. The molecular weight excluding hydrogens is 469 g/mol. The van der Waals surface area contributed by atoms with E-state index in [4.69, 9.17) is 4.74 Å². The van der Waals surface area contributed by atoms with Crippen LogP contribution in [0.5, 0.6) is 5.75 Å². The lowest BCUT2D eigenvalue weighted by atomic mass is 10.1. The fourth-order valence-electron chi connectivity index (χ4n) is 2.67. The first-order valence-electron chi connectivity index (χ1n) is 9.27. The van der Waals surface area contributed by atoms with Crippen molar-refractivity contribution in [2.75, 3.05) is 40.8 Å². The van der Waals surface area contributed by atoms with E-state index in [1.165, 1.54) is 5.56 Å². The summed E-state index contributed by atoms with van der Waals surface area (Å²) in [6, 6.07) is 5.98. The molecule has 1 aromatic carbocycles. The minimum absolute atomic E-state index is 0. The van der Waals surface area contributed by atoms with Crippen LogP contribution in [0.4, 0.5) is 0 Å². The maximum absolute atomic E-state index is 11.8. The first-order valence-corrected chi connectivity index (χ1v) is 9.27. The molecule has 2 rings (SSSR count). The minimum Gasteiger partial charge on any atom is -0.496 e. The number of ether oxygens (including phenoxy) is 1. The summed E-state index contributed by atoms with van der Waals surface area (Å²) >= 11 is 0. The van der Waals surface area contributed by atoms with Crippen LogP contribution in [0.2, 0.25) is 0 Å². The van der Waals surface area contributed by atoms with E-state index in [-0.39, 0.29) is 36.4 Å². The number of H-pyrrole nitrogens is 1. The number of hydrogen-bond acceptors (Lipinski definition) is 3. The number of aromatic nitrogens is 1. The van der Waals surface area contributed by atoms with Gasteiger partial charge in [-0.15, -0.1) is 24.0 Å². The maximum Gasteiger partial charge on any atom is 0.243 e. The van der Waals surface area contributed by atoms with Crippen molar-refractivity contribution in [1.82, 2.24) is 20.5 Å². The van der Waals surface area contributed by atoms with Gasteiger partial charge >= 0.3 is 0 Å². The van der Waals surface area contributed by atoms with Crippen LogP contribution in [0.1, 0.15) is 19.4 Å². The number of methoxy groups -OCH3 is 1. The molecule has 156 valence electrons. The topological polar surface area (TPSA) is 81.7 Å². The molecule has 0 radical (unpaired) electrons. The van der Waals surface area contributed by atoms with Crippen LogP contribution >= 0.6 is 24.0 Å². The number of rotatable bonds is 8. The van der Waals surface area contributed by atoms with Crippen LogP contribution in [-0.2, 0) is 11.2 Å². The molecule has 2 aromatic rings. The first-order chi connectivity index (χ1) is 12.9. The zero-order chi connectivity index (χ0) is 19.8. The molecule has 0 saturated carbocycles. The summed E-state index contributed by atoms with van der Waals surface area (Å²) in [5, 5.41) is 7.72. The molecule has 0 unspecified atom stereocenters. The van der Waals surface area contributed by atoms with Gasteiger partial charge in [-0.3, -0.25) is 4.79 Å². The molecule has 0 aliphatic heterocycles. The molecule has 0 aliphatic carbocycles. The largest absolute Gasteiger partial charge is 0.496 e. The Morgan fingerprint density at radius 2 is 2.04 bits per heavy atom. The van der Waals surface area contributed by atoms with Gasteiger partial charge in [0.05, 0.1) is 7.11 Å². The molecule has 3 N–H and O–H groups in total. The van der Waals surface area contributed by atoms with E-state index >= 15 is 0 Å². The molecule has 0 aliphatic rings. The number of nitrogens with one attached hydrogen (secondary N) is 3. The van der Waals surface area contributed by atoms with E-state index in [9.17, 15) is 4.79 Å². The number of nitrogens with zero attached hydrogens (tertiary/aromatic N) is 2. The van der Waals surface area contributed by atoms with Gasteiger partial charge in [-0.2, -0.15) is 0 Å². The van der Waals surface area contributed by atoms with E-state index in [0.29, 0.717) is 18.4 Å². The summed E-state index contributed by atoms with van der Waals surface area (Å²) in [6.07, 6.45) is 2.83. The van der Waals surface area contributed by atoms with Gasteiger partial charge in [0.15, 0.2) is 5.96 Å². The summed E-state index contributed by atoms with van der Waals surface area (Å²) in [4.78, 5) is 21.0. The van der Waals surface area contributed by atoms with E-state index in [2.05, 4.69) is 34.5 Å². The highest BCUT2D eigenvalue weighted by Crippen LogP contribution is 2.28. The average Bonchev–Trinajstić information content (AvgIpc) is 3.06. The fourth-order valence-corrected chi connectivity index (χ4v) is 2.67. The molecular formula is C20H32IN5O2. The summed E-state index contributed by atoms with van der Waals surface area (Å²) in [7, 11) is 5.15. The van der Waals surface area contributed by atoms with Gasteiger partial charge in [0.2, 0.25) is 5.91 Å². The second-order valence-corrected chi connectivity index (χ2v) is 7.10. The standard InChI is InChI=1S/C20H31N5O2.HI/c1-14(2)11-23-20(24-13-18(26)25(3)4)21-10-9-15-12-22-16-7-6-8-17(27-5)19(15)16;/h6-8,12,14,22H,9-11,13H2,1-5H3,(H2,21,23,24);1H. The first kappa shape index (κ1) is 24.1. The van der Waals surface area contributed by atoms with Crippen LogP contribution in [0.3, 0.4) is 0 Å². The lowest BCUT2D eigenvalue weighted by Crippen LogP contribution is -2.41. The number of benzene rings is 1. The fraction of sp³-hybridized carbons (Fsp3) is 0.500. The number of guanidine groups is 1. The second-order valence-electron chi connectivity index (χ2n) is 7.10. The van der Waals surface area contributed by atoms with Gasteiger partial charge in [0, 0.05) is 44.3 Å². The van der Waals surface area contributed by atoms with Crippen molar-refractivity contribution in [2.24, 2.45) is 10.9 Å². The molecule has 7 nitrogen and oxygen atoms in total. The third-order valence-corrected chi connectivity index (χ3v) is 4.20. The molecule has 0 atom stereocenters. The Morgan fingerprint density at radius 3 is 2.68 bits per heavy atom. The number of carbonyl (C=O) groups excluding carboxylic acids is 1. The number of aliphatic imine (C=N–C) groups is 1. The predicted octanol–water partition coefficient (Wildman–Crippen LogP) is 2.62. The van der Waals surface area contributed by atoms with Gasteiger partial charge in [0.25, 0.3) is 0 Å². The number of hydrogen-bond donors (Lipinski definition) is 3. The van der Waals surface area contributed by atoms with Gasteiger partial charge in [0.1, 0.15) is 12.3 Å². The third-order valence-electron chi connectivity index (χ3n) is 4.20. The number of aromatic amines is 1. The smallest absolute Gasteiger partial charge is 0.243 e. The van der Waals surface area contributed by atoms with Crippen molar-refractivity contribution in [3.05, 3.63) is 30.0 Å². The molecule has 8 heteroatoms. The van der Waals surface area contributed by atoms with E-state index in [0.717, 1.165) is 29.6 Å². The summed E-state index contributed by atoms with van der Waals surface area (Å²) in [6.45, 7) is 5.89. The summed E-state index contributed by atoms with van der Waals surface area (Å²) in [5.74, 6) is 1.99. The quantitative estimate of drug-likeness (QED) is 0.295. The molecule has 0 fully saturated rings. The van der Waals surface area contributed by atoms with Crippen LogP contribution in [-0.4, -0.2) is 62.6 Å². The maximum atomic E-state index is 11.8. The van der Waals surface area contributed by atoms with Crippen LogP contribution in [0.25, 0.3) is 10.9 Å². The van der Waals surface area contributed by atoms with Crippen molar-refractivity contribution in [3.8, 4) is 5.75 Å². The highest BCUT2D eigenvalue weighted by atomic mass is 127. The number of carbonyl (C=O) groups is 1. The highest BCUT2D eigenvalue weighted by molar-refractivity contribution is 14.0. The Hall–Kier alpha value is -1.97. The molecule has 1 heterocycles. The van der Waals surface area contributed by atoms with E-state index in [1.54, 1.807) is 26.1 Å². The normalized spacial score (nSPS) is 11.3. The van der Waals surface area contributed by atoms with Gasteiger partial charge in [-0.1, -0.05) is 19.9 Å². The molecule has 1 aromatic heterocycles. The van der Waals surface area contributed by atoms with Crippen molar-refractivity contribution in [1.29, 1.82) is 0 Å². The Morgan fingerprint density at radius 1 is 1.29 bits per heavy atom. The lowest BCUT2D eigenvalue weighted by Gasteiger charge is -2.15.